The molecule has 0 saturated heterocycles. The zero-order valence-corrected chi connectivity index (χ0v) is 11.2. The van der Waals surface area contributed by atoms with Gasteiger partial charge in [-0.15, -0.1) is 0 Å². The molecule has 0 N–H and O–H groups in total. The first-order valence-corrected chi connectivity index (χ1v) is 6.65. The number of rotatable bonds is 2. The lowest BCUT2D eigenvalue weighted by atomic mass is 9.70. The molecule has 0 aromatic heterocycles. The molecule has 0 radical (unpaired) electrons. The van der Waals surface area contributed by atoms with Gasteiger partial charge in [-0.05, 0) is 32.3 Å². The van der Waals surface area contributed by atoms with E-state index < -0.39 is 0 Å². The molecule has 1 saturated carbocycles. The molecule has 1 aromatic rings. The minimum Gasteiger partial charge on any atom is -0.294 e. The molecule has 92 valence electrons. The smallest absolute Gasteiger partial charge is 0.168 e. The summed E-state index contributed by atoms with van der Waals surface area (Å²) in [6.45, 7) is 6.27. The SMILES string of the molecule is Cc1ccc(C(=O)C2(C)CCCCC2)c(C)c1. The highest BCUT2D eigenvalue weighted by Gasteiger charge is 2.35. The van der Waals surface area contributed by atoms with Crippen molar-refractivity contribution in [2.45, 2.75) is 52.9 Å². The minimum atomic E-state index is -0.113. The van der Waals surface area contributed by atoms with Crippen LogP contribution in [0.25, 0.3) is 0 Å². The monoisotopic (exact) mass is 230 g/mol. The summed E-state index contributed by atoms with van der Waals surface area (Å²) in [4.78, 5) is 12.7. The summed E-state index contributed by atoms with van der Waals surface area (Å²) < 4.78 is 0. The van der Waals surface area contributed by atoms with E-state index in [0.717, 1.165) is 24.0 Å². The van der Waals surface area contributed by atoms with Gasteiger partial charge in [0.15, 0.2) is 5.78 Å². The second kappa shape index (κ2) is 4.64. The quantitative estimate of drug-likeness (QED) is 0.686. The fraction of sp³-hybridized carbons (Fsp3) is 0.562. The van der Waals surface area contributed by atoms with Crippen molar-refractivity contribution in [2.24, 2.45) is 5.41 Å². The van der Waals surface area contributed by atoms with Crippen LogP contribution in [0.5, 0.6) is 0 Å². The van der Waals surface area contributed by atoms with Crippen LogP contribution in [0.15, 0.2) is 18.2 Å². The maximum atomic E-state index is 12.7. The van der Waals surface area contributed by atoms with Crippen molar-refractivity contribution in [2.75, 3.05) is 0 Å². The van der Waals surface area contributed by atoms with E-state index in [1.165, 1.54) is 24.8 Å². The van der Waals surface area contributed by atoms with Crippen LogP contribution in [-0.2, 0) is 0 Å². The number of hydrogen-bond acceptors (Lipinski definition) is 1. The summed E-state index contributed by atoms with van der Waals surface area (Å²) in [5, 5.41) is 0. The Morgan fingerprint density at radius 1 is 1.12 bits per heavy atom. The van der Waals surface area contributed by atoms with Gasteiger partial charge >= 0.3 is 0 Å². The Bertz CT molecular complexity index is 425. The summed E-state index contributed by atoms with van der Waals surface area (Å²) in [6.07, 6.45) is 5.80. The van der Waals surface area contributed by atoms with Crippen molar-refractivity contribution in [3.63, 3.8) is 0 Å². The first-order valence-electron chi connectivity index (χ1n) is 6.65. The average molecular weight is 230 g/mol. The van der Waals surface area contributed by atoms with Crippen molar-refractivity contribution >= 4 is 5.78 Å². The van der Waals surface area contributed by atoms with Crippen LogP contribution in [-0.4, -0.2) is 5.78 Å². The van der Waals surface area contributed by atoms with Gasteiger partial charge in [0.05, 0.1) is 0 Å². The van der Waals surface area contributed by atoms with Crippen molar-refractivity contribution in [3.05, 3.63) is 34.9 Å². The molecule has 0 heterocycles. The molecule has 0 spiro atoms. The zero-order chi connectivity index (χ0) is 12.5. The van der Waals surface area contributed by atoms with Gasteiger partial charge in [0.1, 0.15) is 0 Å². The molecule has 1 nitrogen and oxygen atoms in total. The first-order chi connectivity index (χ1) is 8.03. The van der Waals surface area contributed by atoms with Crippen LogP contribution in [0.4, 0.5) is 0 Å². The predicted molar refractivity (Wildman–Crippen MR) is 71.4 cm³/mol. The van der Waals surface area contributed by atoms with Crippen molar-refractivity contribution in [1.29, 1.82) is 0 Å². The Morgan fingerprint density at radius 3 is 2.35 bits per heavy atom. The van der Waals surface area contributed by atoms with Gasteiger partial charge in [0, 0.05) is 11.0 Å². The summed E-state index contributed by atoms with van der Waals surface area (Å²) >= 11 is 0. The van der Waals surface area contributed by atoms with Crippen LogP contribution < -0.4 is 0 Å². The third kappa shape index (κ3) is 2.43. The molecule has 17 heavy (non-hydrogen) atoms. The average Bonchev–Trinajstić information content (AvgIpc) is 2.29. The Labute approximate surface area is 104 Å². The van der Waals surface area contributed by atoms with Crippen LogP contribution in [0.1, 0.15) is 60.5 Å². The van der Waals surface area contributed by atoms with E-state index in [1.54, 1.807) is 0 Å². The molecule has 1 aliphatic rings. The first kappa shape index (κ1) is 12.3. The molecule has 1 aliphatic carbocycles. The number of benzene rings is 1. The normalized spacial score (nSPS) is 19.0. The van der Waals surface area contributed by atoms with Crippen molar-refractivity contribution < 1.29 is 4.79 Å². The molecule has 1 fully saturated rings. The summed E-state index contributed by atoms with van der Waals surface area (Å²) in [5.74, 6) is 0.356. The number of Topliss-reactive ketones (excluding diaryl/α,β-unsaturated/α-hetero) is 1. The fourth-order valence-electron chi connectivity index (χ4n) is 2.95. The third-order valence-corrected chi connectivity index (χ3v) is 4.13. The highest BCUT2D eigenvalue weighted by Crippen LogP contribution is 2.39. The van der Waals surface area contributed by atoms with Gasteiger partial charge in [0.25, 0.3) is 0 Å². The maximum absolute atomic E-state index is 12.7. The lowest BCUT2D eigenvalue weighted by molar-refractivity contribution is 0.0749. The van der Waals surface area contributed by atoms with E-state index in [9.17, 15) is 4.79 Å². The summed E-state index contributed by atoms with van der Waals surface area (Å²) in [5.41, 5.74) is 3.17. The Kier molecular flexibility index (Phi) is 3.37. The van der Waals surface area contributed by atoms with Gasteiger partial charge in [-0.3, -0.25) is 4.79 Å². The van der Waals surface area contributed by atoms with Crippen LogP contribution in [0.2, 0.25) is 0 Å². The molecule has 0 bridgehead atoms. The molecular formula is C16H22O. The molecule has 0 aliphatic heterocycles. The number of hydrogen-bond donors (Lipinski definition) is 0. The van der Waals surface area contributed by atoms with Gasteiger partial charge in [-0.2, -0.15) is 0 Å². The van der Waals surface area contributed by atoms with Crippen molar-refractivity contribution in [1.82, 2.24) is 0 Å². The second-order valence-corrected chi connectivity index (χ2v) is 5.77. The van der Waals surface area contributed by atoms with E-state index in [0.29, 0.717) is 5.78 Å². The largest absolute Gasteiger partial charge is 0.294 e. The minimum absolute atomic E-state index is 0.113. The number of aryl methyl sites for hydroxylation is 2. The molecule has 0 unspecified atom stereocenters. The fourth-order valence-corrected chi connectivity index (χ4v) is 2.95. The van der Waals surface area contributed by atoms with Gasteiger partial charge in [-0.1, -0.05) is 49.9 Å². The molecule has 0 amide bonds. The molecule has 0 atom stereocenters. The zero-order valence-electron chi connectivity index (χ0n) is 11.2. The predicted octanol–water partition coefficient (Wildman–Crippen LogP) is 4.46. The second-order valence-electron chi connectivity index (χ2n) is 5.77. The van der Waals surface area contributed by atoms with Gasteiger partial charge in [0.2, 0.25) is 0 Å². The number of carbonyl (C=O) groups excluding carboxylic acids is 1. The molecule has 1 heteroatoms. The van der Waals surface area contributed by atoms with E-state index in [1.807, 2.05) is 19.1 Å². The maximum Gasteiger partial charge on any atom is 0.168 e. The van der Waals surface area contributed by atoms with E-state index in [-0.39, 0.29) is 5.41 Å². The Morgan fingerprint density at radius 2 is 1.76 bits per heavy atom. The van der Waals surface area contributed by atoms with Crippen LogP contribution in [0.3, 0.4) is 0 Å². The lowest BCUT2D eigenvalue weighted by Gasteiger charge is -2.32. The molecular weight excluding hydrogens is 208 g/mol. The lowest BCUT2D eigenvalue weighted by Crippen LogP contribution is -2.30. The Balaban J connectivity index is 2.30. The van der Waals surface area contributed by atoms with E-state index in [4.69, 9.17) is 0 Å². The topological polar surface area (TPSA) is 17.1 Å². The van der Waals surface area contributed by atoms with Crippen LogP contribution in [0, 0.1) is 19.3 Å². The van der Waals surface area contributed by atoms with Gasteiger partial charge < -0.3 is 0 Å². The highest BCUT2D eigenvalue weighted by atomic mass is 16.1. The number of ketones is 1. The highest BCUT2D eigenvalue weighted by molar-refractivity contribution is 6.01. The van der Waals surface area contributed by atoms with E-state index >= 15 is 0 Å². The summed E-state index contributed by atoms with van der Waals surface area (Å²) in [6, 6.07) is 6.17. The van der Waals surface area contributed by atoms with E-state index in [2.05, 4.69) is 19.9 Å². The molecule has 2 rings (SSSR count). The van der Waals surface area contributed by atoms with Crippen LogP contribution >= 0.6 is 0 Å². The Hall–Kier alpha value is -1.11. The summed E-state index contributed by atoms with van der Waals surface area (Å²) in [7, 11) is 0. The van der Waals surface area contributed by atoms with Crippen molar-refractivity contribution in [3.8, 4) is 0 Å². The molecule has 1 aromatic carbocycles. The van der Waals surface area contributed by atoms with Gasteiger partial charge in [-0.25, -0.2) is 0 Å². The standard InChI is InChI=1S/C16H22O/c1-12-7-8-14(13(2)11-12)15(17)16(3)9-5-4-6-10-16/h7-8,11H,4-6,9-10H2,1-3H3. The number of carbonyl (C=O) groups is 1. The third-order valence-electron chi connectivity index (χ3n) is 4.13.